The smallest absolute Gasteiger partial charge is 0.317 e. The van der Waals surface area contributed by atoms with E-state index in [-0.39, 0.29) is 12.1 Å². The predicted molar refractivity (Wildman–Crippen MR) is 101 cm³/mol. The molecule has 24 heavy (non-hydrogen) atoms. The van der Waals surface area contributed by atoms with E-state index in [0.29, 0.717) is 11.4 Å². The van der Waals surface area contributed by atoms with Crippen molar-refractivity contribution in [2.75, 3.05) is 24.4 Å². The Morgan fingerprint density at radius 3 is 2.67 bits per heavy atom. The summed E-state index contributed by atoms with van der Waals surface area (Å²) in [6.07, 6.45) is 5.22. The number of likely N-dealkylation sites (tertiary alicyclic amines) is 1. The molecule has 1 atom stereocenters. The van der Waals surface area contributed by atoms with Crippen LogP contribution in [0.1, 0.15) is 24.4 Å². The largest absolute Gasteiger partial charge is 0.322 e. The highest BCUT2D eigenvalue weighted by Crippen LogP contribution is 2.33. The molecule has 0 bridgehead atoms. The number of thiophene rings is 1. The van der Waals surface area contributed by atoms with E-state index in [1.54, 1.807) is 48.1 Å². The van der Waals surface area contributed by atoms with Gasteiger partial charge in [0.2, 0.25) is 0 Å². The standard InChI is InChI=1S/C17H21N3O2S2/c1-24(2,22)19-15-7-5-14(6-8-15)18-17(21)20-10-3-4-16(20)13-9-11-23-12-13/h5-9,11-12,16H,3-4,10H2,1-2H3,(H,18,21). The summed E-state index contributed by atoms with van der Waals surface area (Å²) in [5, 5.41) is 7.10. The van der Waals surface area contributed by atoms with Crippen LogP contribution in [-0.2, 0) is 9.73 Å². The summed E-state index contributed by atoms with van der Waals surface area (Å²) >= 11 is 1.66. The summed E-state index contributed by atoms with van der Waals surface area (Å²) in [6.45, 7) is 0.771. The molecule has 1 aliphatic heterocycles. The zero-order chi connectivity index (χ0) is 17.2. The van der Waals surface area contributed by atoms with Crippen molar-refractivity contribution in [1.82, 2.24) is 4.90 Å². The Balaban J connectivity index is 1.69. The van der Waals surface area contributed by atoms with Gasteiger partial charge in [0.25, 0.3) is 0 Å². The maximum absolute atomic E-state index is 12.6. The van der Waals surface area contributed by atoms with Gasteiger partial charge >= 0.3 is 6.03 Å². The number of rotatable bonds is 3. The number of hydrogen-bond acceptors (Lipinski definition) is 4. The highest BCUT2D eigenvalue weighted by atomic mass is 32.2. The Morgan fingerprint density at radius 1 is 1.29 bits per heavy atom. The Morgan fingerprint density at radius 2 is 2.04 bits per heavy atom. The number of benzene rings is 1. The highest BCUT2D eigenvalue weighted by molar-refractivity contribution is 7.92. The van der Waals surface area contributed by atoms with Gasteiger partial charge in [-0.25, -0.2) is 9.00 Å². The van der Waals surface area contributed by atoms with Crippen LogP contribution in [0.3, 0.4) is 0 Å². The molecule has 1 fully saturated rings. The zero-order valence-electron chi connectivity index (χ0n) is 13.8. The van der Waals surface area contributed by atoms with E-state index in [1.807, 2.05) is 10.3 Å². The summed E-state index contributed by atoms with van der Waals surface area (Å²) in [5.74, 6) is 0. The van der Waals surface area contributed by atoms with Crippen molar-refractivity contribution < 1.29 is 9.00 Å². The number of urea groups is 1. The molecule has 2 heterocycles. The maximum atomic E-state index is 12.6. The lowest BCUT2D eigenvalue weighted by Crippen LogP contribution is -2.34. The van der Waals surface area contributed by atoms with Crippen LogP contribution in [0.2, 0.25) is 0 Å². The van der Waals surface area contributed by atoms with Gasteiger partial charge in [0, 0.05) is 34.5 Å². The van der Waals surface area contributed by atoms with Crippen LogP contribution in [0, 0.1) is 0 Å². The van der Waals surface area contributed by atoms with E-state index in [2.05, 4.69) is 21.1 Å². The fourth-order valence-corrected chi connectivity index (χ4v) is 4.21. The van der Waals surface area contributed by atoms with Gasteiger partial charge in [-0.3, -0.25) is 0 Å². The Hall–Kier alpha value is -1.86. The summed E-state index contributed by atoms with van der Waals surface area (Å²) in [5.41, 5.74) is 2.58. The first-order valence-electron chi connectivity index (χ1n) is 7.79. The molecule has 2 aromatic rings. The second-order valence-corrected chi connectivity index (χ2v) is 9.48. The van der Waals surface area contributed by atoms with Crippen LogP contribution >= 0.6 is 11.3 Å². The molecular weight excluding hydrogens is 342 g/mol. The molecule has 5 nitrogen and oxygen atoms in total. The van der Waals surface area contributed by atoms with Crippen molar-refractivity contribution >= 4 is 38.5 Å². The predicted octanol–water partition coefficient (Wildman–Crippen LogP) is 4.48. The lowest BCUT2D eigenvalue weighted by molar-refractivity contribution is 0.207. The Kier molecular flexibility index (Phi) is 4.91. The van der Waals surface area contributed by atoms with E-state index < -0.39 is 9.73 Å². The van der Waals surface area contributed by atoms with Crippen molar-refractivity contribution in [3.05, 3.63) is 46.7 Å². The zero-order valence-corrected chi connectivity index (χ0v) is 15.4. The van der Waals surface area contributed by atoms with E-state index in [0.717, 1.165) is 19.4 Å². The molecule has 0 spiro atoms. The van der Waals surface area contributed by atoms with Gasteiger partial charge in [-0.15, -0.1) is 0 Å². The first kappa shape index (κ1) is 17.0. The van der Waals surface area contributed by atoms with Crippen LogP contribution in [0.4, 0.5) is 16.2 Å². The highest BCUT2D eigenvalue weighted by Gasteiger charge is 2.30. The van der Waals surface area contributed by atoms with Crippen molar-refractivity contribution in [2.24, 2.45) is 4.36 Å². The molecule has 1 aromatic heterocycles. The first-order chi connectivity index (χ1) is 11.4. The second-order valence-electron chi connectivity index (χ2n) is 6.16. The first-order valence-corrected chi connectivity index (χ1v) is 11.1. The van der Waals surface area contributed by atoms with Gasteiger partial charge in [0.05, 0.1) is 11.7 Å². The minimum Gasteiger partial charge on any atom is -0.317 e. The van der Waals surface area contributed by atoms with Gasteiger partial charge < -0.3 is 10.2 Å². The SMILES string of the molecule is CS(C)(=O)=Nc1ccc(NC(=O)N2CCCC2c2ccsc2)cc1. The fourth-order valence-electron chi connectivity index (χ4n) is 2.88. The van der Waals surface area contributed by atoms with Gasteiger partial charge in [-0.1, -0.05) is 0 Å². The van der Waals surface area contributed by atoms with E-state index in [9.17, 15) is 9.00 Å². The van der Waals surface area contributed by atoms with Crippen LogP contribution < -0.4 is 5.32 Å². The third-order valence-corrected chi connectivity index (χ3v) is 5.24. The Bertz CT molecular complexity index is 814. The number of amides is 2. The third-order valence-electron chi connectivity index (χ3n) is 3.89. The lowest BCUT2D eigenvalue weighted by atomic mass is 10.1. The average Bonchev–Trinajstić information content (AvgIpc) is 3.18. The number of hydrogen-bond donors (Lipinski definition) is 1. The molecule has 3 rings (SSSR count). The molecule has 0 aliphatic carbocycles. The molecule has 1 saturated heterocycles. The number of carbonyl (C=O) groups is 1. The summed E-state index contributed by atoms with van der Waals surface area (Å²) < 4.78 is 15.8. The minimum absolute atomic E-state index is 0.0804. The van der Waals surface area contributed by atoms with Gasteiger partial charge in [0.15, 0.2) is 0 Å². The topological polar surface area (TPSA) is 61.8 Å². The number of nitrogens with one attached hydrogen (secondary N) is 1. The van der Waals surface area contributed by atoms with Crippen molar-refractivity contribution in [2.45, 2.75) is 18.9 Å². The van der Waals surface area contributed by atoms with Crippen LogP contribution in [0.25, 0.3) is 0 Å². The third kappa shape index (κ3) is 4.15. The molecule has 128 valence electrons. The molecule has 2 amide bonds. The van der Waals surface area contributed by atoms with Crippen LogP contribution in [0.5, 0.6) is 0 Å². The average molecular weight is 364 g/mol. The number of anilines is 1. The van der Waals surface area contributed by atoms with Crippen molar-refractivity contribution in [1.29, 1.82) is 0 Å². The summed E-state index contributed by atoms with van der Waals surface area (Å²) in [4.78, 5) is 14.5. The van der Waals surface area contributed by atoms with Gasteiger partial charge in [-0.2, -0.15) is 15.7 Å². The van der Waals surface area contributed by atoms with E-state index in [1.165, 1.54) is 5.56 Å². The van der Waals surface area contributed by atoms with Gasteiger partial charge in [-0.05, 0) is 59.5 Å². The van der Waals surface area contributed by atoms with Crippen molar-refractivity contribution in [3.8, 4) is 0 Å². The molecule has 1 unspecified atom stereocenters. The van der Waals surface area contributed by atoms with Crippen molar-refractivity contribution in [3.63, 3.8) is 0 Å². The van der Waals surface area contributed by atoms with Crippen LogP contribution in [-0.4, -0.2) is 34.2 Å². The van der Waals surface area contributed by atoms with Gasteiger partial charge in [0.1, 0.15) is 0 Å². The monoisotopic (exact) mass is 363 g/mol. The lowest BCUT2D eigenvalue weighted by Gasteiger charge is -2.24. The minimum atomic E-state index is -2.18. The molecule has 7 heteroatoms. The van der Waals surface area contributed by atoms with E-state index in [4.69, 9.17) is 0 Å². The molecule has 0 saturated carbocycles. The maximum Gasteiger partial charge on any atom is 0.322 e. The van der Waals surface area contributed by atoms with E-state index >= 15 is 0 Å². The molecule has 1 aliphatic rings. The molecule has 0 radical (unpaired) electrons. The molecule has 1 N–H and O–H groups in total. The molecule has 1 aromatic carbocycles. The summed E-state index contributed by atoms with van der Waals surface area (Å²) in [7, 11) is -2.18. The van der Waals surface area contributed by atoms with Crippen LogP contribution in [0.15, 0.2) is 45.5 Å². The fraction of sp³-hybridized carbons (Fsp3) is 0.353. The normalized spacial score (nSPS) is 17.8. The summed E-state index contributed by atoms with van der Waals surface area (Å²) in [6, 6.07) is 9.28. The number of carbonyl (C=O) groups excluding carboxylic acids is 1. The number of nitrogens with zero attached hydrogens (tertiary/aromatic N) is 2. The Labute approximate surface area is 146 Å². The quantitative estimate of drug-likeness (QED) is 0.874. The molecular formula is C17H21N3O2S2. The second kappa shape index (κ2) is 6.94.